The zero-order chi connectivity index (χ0) is 16.9. The summed E-state index contributed by atoms with van der Waals surface area (Å²) in [5.41, 5.74) is 4.03. The van der Waals surface area contributed by atoms with E-state index in [1.54, 1.807) is 4.90 Å². The van der Waals surface area contributed by atoms with Crippen LogP contribution >= 0.6 is 15.9 Å². The van der Waals surface area contributed by atoms with Gasteiger partial charge in [0, 0.05) is 41.8 Å². The van der Waals surface area contributed by atoms with Crippen LogP contribution in [0.4, 0.5) is 10.5 Å². The van der Waals surface area contributed by atoms with Gasteiger partial charge in [0.05, 0.1) is 0 Å². The van der Waals surface area contributed by atoms with E-state index in [0.29, 0.717) is 19.1 Å². The summed E-state index contributed by atoms with van der Waals surface area (Å²) in [6.45, 7) is 11.1. The van der Waals surface area contributed by atoms with Crippen molar-refractivity contribution in [3.8, 4) is 0 Å². The number of anilines is 1. The first-order valence-corrected chi connectivity index (χ1v) is 9.10. The third kappa shape index (κ3) is 2.63. The van der Waals surface area contributed by atoms with E-state index in [1.807, 2.05) is 0 Å². The molecule has 0 aromatic heterocycles. The Morgan fingerprint density at radius 3 is 2.65 bits per heavy atom. The predicted octanol–water partition coefficient (Wildman–Crippen LogP) is 4.32. The average Bonchev–Trinajstić information content (AvgIpc) is 2.64. The Hall–Kier alpha value is -1.23. The maximum Gasteiger partial charge on any atom is 0.407 e. The van der Waals surface area contributed by atoms with Crippen LogP contribution in [0.25, 0.3) is 0 Å². The highest BCUT2D eigenvalue weighted by Gasteiger charge is 2.47. The molecule has 0 spiro atoms. The minimum atomic E-state index is -0.807. The number of hydrogen-bond donors (Lipinski definition) is 1. The number of halogens is 1. The Labute approximate surface area is 146 Å². The van der Waals surface area contributed by atoms with E-state index in [1.165, 1.54) is 16.8 Å². The lowest BCUT2D eigenvalue weighted by Gasteiger charge is -2.40. The molecule has 2 aliphatic rings. The van der Waals surface area contributed by atoms with Crippen LogP contribution in [-0.4, -0.2) is 41.8 Å². The number of carboxylic acid groups (broad SMARTS) is 1. The molecule has 2 aliphatic heterocycles. The van der Waals surface area contributed by atoms with Gasteiger partial charge in [-0.25, -0.2) is 4.79 Å². The van der Waals surface area contributed by atoms with E-state index >= 15 is 0 Å². The van der Waals surface area contributed by atoms with Crippen LogP contribution in [0.3, 0.4) is 0 Å². The lowest BCUT2D eigenvalue weighted by atomic mass is 9.77. The smallest absolute Gasteiger partial charge is 0.407 e. The zero-order valence-electron chi connectivity index (χ0n) is 14.3. The van der Waals surface area contributed by atoms with Crippen molar-refractivity contribution in [2.24, 2.45) is 5.41 Å². The quantitative estimate of drug-likeness (QED) is 0.788. The van der Waals surface area contributed by atoms with Crippen LogP contribution in [0.5, 0.6) is 0 Å². The van der Waals surface area contributed by atoms with Crippen LogP contribution in [-0.2, 0) is 6.42 Å². The summed E-state index contributed by atoms with van der Waals surface area (Å²) in [5, 5.41) is 9.55. The molecule has 1 aromatic carbocycles. The first-order chi connectivity index (χ1) is 10.8. The van der Waals surface area contributed by atoms with Crippen LogP contribution in [0.2, 0.25) is 0 Å². The maximum absolute atomic E-state index is 11.6. The summed E-state index contributed by atoms with van der Waals surface area (Å²) in [5.74, 6) is 0.232. The van der Waals surface area contributed by atoms with Gasteiger partial charge in [0.1, 0.15) is 0 Å². The Bertz CT molecular complexity index is 639. The molecule has 2 heterocycles. The predicted molar refractivity (Wildman–Crippen MR) is 96.4 cm³/mol. The average molecular weight is 381 g/mol. The Kier molecular flexibility index (Phi) is 4.11. The molecule has 4 nitrogen and oxygen atoms in total. The van der Waals surface area contributed by atoms with Gasteiger partial charge in [-0.15, -0.1) is 0 Å². The van der Waals surface area contributed by atoms with Crippen LogP contribution < -0.4 is 4.90 Å². The van der Waals surface area contributed by atoms with Gasteiger partial charge in [0.25, 0.3) is 0 Å². The molecule has 126 valence electrons. The van der Waals surface area contributed by atoms with Crippen molar-refractivity contribution in [2.75, 3.05) is 24.5 Å². The van der Waals surface area contributed by atoms with Crippen molar-refractivity contribution >= 4 is 27.7 Å². The molecular weight excluding hydrogens is 356 g/mol. The molecular formula is C18H25BrN2O2. The molecule has 1 N–H and O–H groups in total. The fourth-order valence-electron chi connectivity index (χ4n) is 4.45. The minimum absolute atomic E-state index is 0.0813. The van der Waals surface area contributed by atoms with E-state index in [9.17, 15) is 9.90 Å². The second-order valence-electron chi connectivity index (χ2n) is 7.64. The molecule has 1 unspecified atom stereocenters. The third-order valence-corrected chi connectivity index (χ3v) is 5.96. The first-order valence-electron chi connectivity index (χ1n) is 8.31. The van der Waals surface area contributed by atoms with Gasteiger partial charge in [-0.2, -0.15) is 0 Å². The van der Waals surface area contributed by atoms with Gasteiger partial charge in [-0.3, -0.25) is 0 Å². The number of benzene rings is 1. The van der Waals surface area contributed by atoms with E-state index in [0.717, 1.165) is 17.4 Å². The normalized spacial score (nSPS) is 23.7. The molecule has 0 saturated carbocycles. The van der Waals surface area contributed by atoms with Crippen LogP contribution in [0.1, 0.15) is 44.7 Å². The second kappa shape index (κ2) is 5.69. The summed E-state index contributed by atoms with van der Waals surface area (Å²) in [6, 6.07) is 4.63. The minimum Gasteiger partial charge on any atom is -0.465 e. The number of likely N-dealkylation sites (N-methyl/N-ethyl adjacent to an activating group) is 1. The summed E-state index contributed by atoms with van der Waals surface area (Å²) < 4.78 is 1.11. The van der Waals surface area contributed by atoms with Crippen molar-refractivity contribution in [1.82, 2.24) is 4.90 Å². The zero-order valence-corrected chi connectivity index (χ0v) is 15.9. The number of rotatable bonds is 1. The van der Waals surface area contributed by atoms with E-state index in [2.05, 4.69) is 60.7 Å². The summed E-state index contributed by atoms with van der Waals surface area (Å²) >= 11 is 3.69. The lowest BCUT2D eigenvalue weighted by molar-refractivity contribution is 0.138. The molecule has 5 heteroatoms. The third-order valence-electron chi connectivity index (χ3n) is 5.22. The molecule has 1 amide bonds. The van der Waals surface area contributed by atoms with Crippen molar-refractivity contribution in [1.29, 1.82) is 0 Å². The molecule has 1 aromatic rings. The summed E-state index contributed by atoms with van der Waals surface area (Å²) in [6.07, 6.45) is -0.0286. The summed E-state index contributed by atoms with van der Waals surface area (Å²) in [4.78, 5) is 15.7. The highest BCUT2D eigenvalue weighted by atomic mass is 79.9. The van der Waals surface area contributed by atoms with Crippen LogP contribution in [0, 0.1) is 5.41 Å². The van der Waals surface area contributed by atoms with Crippen molar-refractivity contribution < 1.29 is 9.90 Å². The molecule has 0 fully saturated rings. The molecule has 0 saturated heterocycles. The maximum atomic E-state index is 11.6. The van der Waals surface area contributed by atoms with Gasteiger partial charge in [-0.1, -0.05) is 36.7 Å². The van der Waals surface area contributed by atoms with Gasteiger partial charge in [0.2, 0.25) is 0 Å². The summed E-state index contributed by atoms with van der Waals surface area (Å²) in [7, 11) is 0. The van der Waals surface area contributed by atoms with Gasteiger partial charge in [0.15, 0.2) is 0 Å². The SMILES string of the molecule is CCN1c2ccc(Br)c3c2[C@H](CN(C(=O)O)CC3)C1C(C)(C)C. The largest absolute Gasteiger partial charge is 0.465 e. The van der Waals surface area contributed by atoms with Crippen molar-refractivity contribution in [3.63, 3.8) is 0 Å². The molecule has 23 heavy (non-hydrogen) atoms. The highest BCUT2D eigenvalue weighted by molar-refractivity contribution is 9.10. The Morgan fingerprint density at radius 2 is 2.09 bits per heavy atom. The number of amides is 1. The van der Waals surface area contributed by atoms with Gasteiger partial charge < -0.3 is 14.9 Å². The number of hydrogen-bond acceptors (Lipinski definition) is 2. The van der Waals surface area contributed by atoms with E-state index < -0.39 is 6.09 Å². The fourth-order valence-corrected chi connectivity index (χ4v) is 4.99. The first kappa shape index (κ1) is 16.6. The van der Waals surface area contributed by atoms with Crippen LogP contribution in [0.15, 0.2) is 16.6 Å². The molecule has 0 bridgehead atoms. The van der Waals surface area contributed by atoms with Crippen molar-refractivity contribution in [2.45, 2.75) is 46.1 Å². The fraction of sp³-hybridized carbons (Fsp3) is 0.611. The molecule has 0 radical (unpaired) electrons. The van der Waals surface area contributed by atoms with Gasteiger partial charge in [-0.05, 0) is 42.0 Å². The topological polar surface area (TPSA) is 43.8 Å². The molecule has 0 aliphatic carbocycles. The Morgan fingerprint density at radius 1 is 1.39 bits per heavy atom. The van der Waals surface area contributed by atoms with Gasteiger partial charge >= 0.3 is 6.09 Å². The molecule has 2 atom stereocenters. The second-order valence-corrected chi connectivity index (χ2v) is 8.50. The van der Waals surface area contributed by atoms with Crippen molar-refractivity contribution in [3.05, 3.63) is 27.7 Å². The monoisotopic (exact) mass is 380 g/mol. The Balaban J connectivity index is 2.18. The molecule has 3 rings (SSSR count). The number of nitrogens with zero attached hydrogens (tertiary/aromatic N) is 2. The van der Waals surface area contributed by atoms with E-state index in [4.69, 9.17) is 0 Å². The standard InChI is InChI=1S/C18H25BrN2O2/c1-5-21-14-7-6-13(19)11-8-9-20(17(22)23)10-12(15(11)14)16(21)18(2,3)4/h6-7,12,16H,5,8-10H2,1-4H3,(H,22,23)/t12-,16?/m0/s1. The van der Waals surface area contributed by atoms with E-state index in [-0.39, 0.29) is 11.3 Å². The lowest BCUT2D eigenvalue weighted by Crippen LogP contribution is -2.47. The number of carbonyl (C=O) groups is 1. The highest BCUT2D eigenvalue weighted by Crippen LogP contribution is 2.51.